The van der Waals surface area contributed by atoms with Crippen LogP contribution in [0.4, 0.5) is 21.8 Å². The monoisotopic (exact) mass is 430 g/mol. The molecule has 8 nitrogen and oxygen atoms in total. The molecule has 2 aromatic heterocycles. The number of fused-ring (bicyclic) bond motifs is 1. The molecule has 1 fully saturated rings. The number of methoxy groups -OCH3 is 1. The average molecular weight is 431 g/mol. The first-order valence-electron chi connectivity index (χ1n) is 9.57. The molecule has 1 aliphatic rings. The predicted molar refractivity (Wildman–Crippen MR) is 111 cm³/mol. The van der Waals surface area contributed by atoms with Crippen molar-refractivity contribution in [3.8, 4) is 0 Å². The number of nitrogens with one attached hydrogen (secondary N) is 2. The normalized spacial score (nSPS) is 18.8. The lowest BCUT2D eigenvalue weighted by Crippen LogP contribution is -2.30. The van der Waals surface area contributed by atoms with E-state index in [0.29, 0.717) is 28.5 Å². The SMILES string of the molecule is COC(=O)C1CCC(Nc2ncc3c(Nc4ccc(F)c(Cl)c4)ncnc3n2)CC1. The summed E-state index contributed by atoms with van der Waals surface area (Å²) in [7, 11) is 1.42. The molecule has 1 aromatic carbocycles. The Balaban J connectivity index is 1.47. The van der Waals surface area contributed by atoms with Gasteiger partial charge in [0, 0.05) is 17.9 Å². The molecule has 156 valence electrons. The number of hydrogen-bond acceptors (Lipinski definition) is 8. The van der Waals surface area contributed by atoms with E-state index in [4.69, 9.17) is 16.3 Å². The van der Waals surface area contributed by atoms with Crippen molar-refractivity contribution in [2.45, 2.75) is 31.7 Å². The van der Waals surface area contributed by atoms with Crippen LogP contribution in [0.5, 0.6) is 0 Å². The van der Waals surface area contributed by atoms with Crippen molar-refractivity contribution >= 4 is 46.1 Å². The van der Waals surface area contributed by atoms with Crippen molar-refractivity contribution in [3.05, 3.63) is 41.6 Å². The van der Waals surface area contributed by atoms with Gasteiger partial charge in [-0.3, -0.25) is 4.79 Å². The Labute approximate surface area is 177 Å². The number of rotatable bonds is 5. The van der Waals surface area contributed by atoms with Crippen molar-refractivity contribution < 1.29 is 13.9 Å². The van der Waals surface area contributed by atoms with E-state index in [2.05, 4.69) is 30.6 Å². The second kappa shape index (κ2) is 8.74. The lowest BCUT2D eigenvalue weighted by Gasteiger charge is -2.27. The highest BCUT2D eigenvalue weighted by molar-refractivity contribution is 6.31. The number of carbonyl (C=O) groups is 1. The smallest absolute Gasteiger partial charge is 0.308 e. The standard InChI is InChI=1S/C20H20ClFN6O2/c1-30-19(29)11-2-4-12(5-3-11)27-20-23-9-14-17(24-10-25-18(14)28-20)26-13-6-7-16(22)15(21)8-13/h6-12H,2-5H2,1H3,(H2,23,24,25,26,27,28). The molecule has 0 amide bonds. The predicted octanol–water partition coefficient (Wildman–Crippen LogP) is 4.10. The van der Waals surface area contributed by atoms with Gasteiger partial charge >= 0.3 is 5.97 Å². The van der Waals surface area contributed by atoms with Crippen LogP contribution in [0, 0.1) is 11.7 Å². The summed E-state index contributed by atoms with van der Waals surface area (Å²) in [5, 5.41) is 7.05. The topological polar surface area (TPSA) is 102 Å². The van der Waals surface area contributed by atoms with Crippen LogP contribution in [-0.4, -0.2) is 39.1 Å². The summed E-state index contributed by atoms with van der Waals surface area (Å²) in [5.41, 5.74) is 1.06. The lowest BCUT2D eigenvalue weighted by atomic mass is 9.86. The van der Waals surface area contributed by atoms with Gasteiger partial charge in [0.25, 0.3) is 0 Å². The number of aromatic nitrogens is 4. The Hall–Kier alpha value is -3.07. The fraction of sp³-hybridized carbons (Fsp3) is 0.350. The van der Waals surface area contributed by atoms with Crippen molar-refractivity contribution in [2.75, 3.05) is 17.7 Å². The molecular weight excluding hydrogens is 411 g/mol. The average Bonchev–Trinajstić information content (AvgIpc) is 2.76. The number of esters is 1. The first-order valence-corrected chi connectivity index (χ1v) is 9.95. The van der Waals surface area contributed by atoms with E-state index in [1.807, 2.05) is 0 Å². The van der Waals surface area contributed by atoms with Crippen molar-refractivity contribution in [1.29, 1.82) is 0 Å². The Morgan fingerprint density at radius 3 is 2.73 bits per heavy atom. The fourth-order valence-corrected chi connectivity index (χ4v) is 3.73. The van der Waals surface area contributed by atoms with Gasteiger partial charge in [-0.1, -0.05) is 11.6 Å². The number of benzene rings is 1. The second-order valence-electron chi connectivity index (χ2n) is 7.12. The van der Waals surface area contributed by atoms with Crippen molar-refractivity contribution in [1.82, 2.24) is 19.9 Å². The Morgan fingerprint density at radius 2 is 2.00 bits per heavy atom. The van der Waals surface area contributed by atoms with Crippen LogP contribution in [0.15, 0.2) is 30.7 Å². The molecule has 0 saturated heterocycles. The number of carbonyl (C=O) groups excluding carboxylic acids is 1. The molecule has 2 heterocycles. The van der Waals surface area contributed by atoms with Crippen LogP contribution in [0.25, 0.3) is 11.0 Å². The maximum absolute atomic E-state index is 13.4. The molecule has 0 aliphatic heterocycles. The molecular formula is C20H20ClFN6O2. The molecule has 4 rings (SSSR count). The minimum Gasteiger partial charge on any atom is -0.469 e. The summed E-state index contributed by atoms with van der Waals surface area (Å²) in [6.07, 6.45) is 6.25. The Kier molecular flexibility index (Phi) is 5.89. The minimum absolute atomic E-state index is 0.0167. The molecule has 30 heavy (non-hydrogen) atoms. The molecule has 0 bridgehead atoms. The first kappa shape index (κ1) is 20.2. The highest BCUT2D eigenvalue weighted by Crippen LogP contribution is 2.28. The molecule has 0 atom stereocenters. The third-order valence-electron chi connectivity index (χ3n) is 5.17. The first-order chi connectivity index (χ1) is 14.5. The summed E-state index contributed by atoms with van der Waals surface area (Å²) < 4.78 is 18.2. The van der Waals surface area contributed by atoms with Crippen LogP contribution in [0.2, 0.25) is 5.02 Å². The van der Waals surface area contributed by atoms with E-state index in [1.54, 1.807) is 12.3 Å². The molecule has 0 unspecified atom stereocenters. The number of ether oxygens (including phenoxy) is 1. The zero-order valence-electron chi connectivity index (χ0n) is 16.2. The van der Waals surface area contributed by atoms with Gasteiger partial charge in [0.15, 0.2) is 5.65 Å². The Bertz CT molecular complexity index is 1070. The van der Waals surface area contributed by atoms with Crippen molar-refractivity contribution in [3.63, 3.8) is 0 Å². The number of nitrogens with zero attached hydrogens (tertiary/aromatic N) is 4. The van der Waals surface area contributed by atoms with Crippen LogP contribution >= 0.6 is 11.6 Å². The molecule has 0 radical (unpaired) electrons. The van der Waals surface area contributed by atoms with E-state index >= 15 is 0 Å². The van der Waals surface area contributed by atoms with Crippen LogP contribution in [0.1, 0.15) is 25.7 Å². The third kappa shape index (κ3) is 4.40. The van der Waals surface area contributed by atoms with E-state index in [1.165, 1.54) is 25.6 Å². The summed E-state index contributed by atoms with van der Waals surface area (Å²) in [4.78, 5) is 29.0. The molecule has 1 saturated carbocycles. The van der Waals surface area contributed by atoms with E-state index < -0.39 is 5.82 Å². The number of anilines is 3. The molecule has 2 N–H and O–H groups in total. The zero-order chi connectivity index (χ0) is 21.1. The molecule has 1 aliphatic carbocycles. The summed E-state index contributed by atoms with van der Waals surface area (Å²) in [6, 6.07) is 4.51. The van der Waals surface area contributed by atoms with E-state index in [9.17, 15) is 9.18 Å². The third-order valence-corrected chi connectivity index (χ3v) is 5.46. The van der Waals surface area contributed by atoms with E-state index in [0.717, 1.165) is 25.7 Å². The number of hydrogen-bond donors (Lipinski definition) is 2. The highest BCUT2D eigenvalue weighted by atomic mass is 35.5. The minimum atomic E-state index is -0.491. The van der Waals surface area contributed by atoms with Crippen LogP contribution in [0.3, 0.4) is 0 Å². The van der Waals surface area contributed by atoms with Crippen LogP contribution < -0.4 is 10.6 Å². The van der Waals surface area contributed by atoms with Gasteiger partial charge in [0.05, 0.1) is 23.4 Å². The summed E-state index contributed by atoms with van der Waals surface area (Å²) >= 11 is 5.84. The zero-order valence-corrected chi connectivity index (χ0v) is 17.0. The van der Waals surface area contributed by atoms with Gasteiger partial charge in [-0.2, -0.15) is 4.98 Å². The maximum atomic E-state index is 13.4. The highest BCUT2D eigenvalue weighted by Gasteiger charge is 2.27. The summed E-state index contributed by atoms with van der Waals surface area (Å²) in [5.74, 6) is 0.294. The largest absolute Gasteiger partial charge is 0.469 e. The lowest BCUT2D eigenvalue weighted by molar-refractivity contribution is -0.146. The Morgan fingerprint density at radius 1 is 1.20 bits per heavy atom. The number of halogens is 2. The second-order valence-corrected chi connectivity index (χ2v) is 7.53. The van der Waals surface area contributed by atoms with Crippen molar-refractivity contribution in [2.24, 2.45) is 5.92 Å². The molecule has 0 spiro atoms. The maximum Gasteiger partial charge on any atom is 0.308 e. The summed E-state index contributed by atoms with van der Waals surface area (Å²) in [6.45, 7) is 0. The molecule has 3 aromatic rings. The van der Waals surface area contributed by atoms with Gasteiger partial charge in [0.2, 0.25) is 5.95 Å². The fourth-order valence-electron chi connectivity index (χ4n) is 3.55. The van der Waals surface area contributed by atoms with Gasteiger partial charge in [-0.25, -0.2) is 19.3 Å². The van der Waals surface area contributed by atoms with Gasteiger partial charge < -0.3 is 15.4 Å². The van der Waals surface area contributed by atoms with E-state index in [-0.39, 0.29) is 23.0 Å². The van der Waals surface area contributed by atoms with Crippen LogP contribution in [-0.2, 0) is 9.53 Å². The molecule has 10 heteroatoms. The van der Waals surface area contributed by atoms with Gasteiger partial charge in [-0.15, -0.1) is 0 Å². The van der Waals surface area contributed by atoms with Gasteiger partial charge in [-0.05, 0) is 43.9 Å². The van der Waals surface area contributed by atoms with Gasteiger partial charge in [0.1, 0.15) is 18.0 Å². The quantitative estimate of drug-likeness (QED) is 0.583.